The Morgan fingerprint density at radius 3 is 2.19 bits per heavy atom. The third-order valence-electron chi connectivity index (χ3n) is 3.26. The van der Waals surface area contributed by atoms with Gasteiger partial charge in [0, 0.05) is 19.1 Å². The van der Waals surface area contributed by atoms with Gasteiger partial charge in [-0.05, 0) is 34.6 Å². The molecule has 1 amide bonds. The predicted octanol–water partition coefficient (Wildman–Crippen LogP) is 1.37. The Labute approximate surface area is 98.4 Å². The predicted molar refractivity (Wildman–Crippen MR) is 64.5 cm³/mol. The first-order valence-corrected chi connectivity index (χ1v) is 5.48. The van der Waals surface area contributed by atoms with Gasteiger partial charge >= 0.3 is 0 Å². The Balaban J connectivity index is 4.75. The molecular weight excluding hydrogens is 202 g/mol. The molecule has 0 saturated heterocycles. The minimum absolute atomic E-state index is 0.0258. The summed E-state index contributed by atoms with van der Waals surface area (Å²) in [4.78, 5) is 13.8. The second kappa shape index (κ2) is 4.84. The number of carbonyl (C=O) groups excluding carboxylic acids is 1. The Morgan fingerprint density at radius 1 is 1.44 bits per heavy atom. The molecule has 1 atom stereocenters. The van der Waals surface area contributed by atoms with Crippen LogP contribution in [0.3, 0.4) is 0 Å². The lowest BCUT2D eigenvalue weighted by molar-refractivity contribution is -0.142. The highest BCUT2D eigenvalue weighted by atomic mass is 16.2. The number of carbonyl (C=O) groups is 1. The zero-order valence-corrected chi connectivity index (χ0v) is 11.2. The summed E-state index contributed by atoms with van der Waals surface area (Å²) in [6.45, 7) is 9.59. The van der Waals surface area contributed by atoms with Gasteiger partial charge in [0.05, 0.1) is 17.4 Å². The molecule has 0 aliphatic carbocycles. The van der Waals surface area contributed by atoms with Crippen LogP contribution < -0.4 is 5.73 Å². The Morgan fingerprint density at radius 2 is 1.88 bits per heavy atom. The minimum atomic E-state index is -0.642. The van der Waals surface area contributed by atoms with Crippen molar-refractivity contribution in [2.24, 2.45) is 17.1 Å². The quantitative estimate of drug-likeness (QED) is 0.785. The topological polar surface area (TPSA) is 70.1 Å². The van der Waals surface area contributed by atoms with Crippen molar-refractivity contribution in [3.05, 3.63) is 0 Å². The van der Waals surface area contributed by atoms with E-state index in [4.69, 9.17) is 11.0 Å². The molecule has 1 unspecified atom stereocenters. The molecule has 2 N–H and O–H groups in total. The molecule has 0 radical (unpaired) electrons. The number of hydrogen-bond acceptors (Lipinski definition) is 3. The zero-order chi connectivity index (χ0) is 13.1. The van der Waals surface area contributed by atoms with Gasteiger partial charge in [-0.2, -0.15) is 5.26 Å². The van der Waals surface area contributed by atoms with Gasteiger partial charge in [0.15, 0.2) is 0 Å². The van der Waals surface area contributed by atoms with Crippen molar-refractivity contribution in [2.75, 3.05) is 13.6 Å². The molecule has 0 rings (SSSR count). The van der Waals surface area contributed by atoms with Crippen LogP contribution in [0.4, 0.5) is 0 Å². The fourth-order valence-electron chi connectivity index (χ4n) is 1.29. The zero-order valence-electron chi connectivity index (χ0n) is 11.2. The normalized spacial score (nSPS) is 14.1. The van der Waals surface area contributed by atoms with Gasteiger partial charge in [-0.3, -0.25) is 4.79 Å². The van der Waals surface area contributed by atoms with Crippen LogP contribution in [-0.4, -0.2) is 29.9 Å². The van der Waals surface area contributed by atoms with E-state index < -0.39 is 11.0 Å². The van der Waals surface area contributed by atoms with Crippen molar-refractivity contribution < 1.29 is 4.79 Å². The number of amides is 1. The summed E-state index contributed by atoms with van der Waals surface area (Å²) in [6.07, 6.45) is 0. The Kier molecular flexibility index (Phi) is 4.51. The molecule has 0 heterocycles. The van der Waals surface area contributed by atoms with E-state index in [2.05, 4.69) is 6.07 Å². The van der Waals surface area contributed by atoms with Crippen LogP contribution in [0.15, 0.2) is 0 Å². The van der Waals surface area contributed by atoms with Gasteiger partial charge in [0.1, 0.15) is 0 Å². The summed E-state index contributed by atoms with van der Waals surface area (Å²) < 4.78 is 0. The summed E-state index contributed by atoms with van der Waals surface area (Å²) in [7, 11) is 1.71. The first-order chi connectivity index (χ1) is 7.04. The molecular formula is C12H23N3O. The lowest BCUT2D eigenvalue weighted by Crippen LogP contribution is -2.56. The summed E-state index contributed by atoms with van der Waals surface area (Å²) in [5, 5.41) is 8.72. The maximum Gasteiger partial charge on any atom is 0.229 e. The molecule has 0 aromatic carbocycles. The summed E-state index contributed by atoms with van der Waals surface area (Å²) in [5.74, 6) is -0.187. The second-order valence-corrected chi connectivity index (χ2v) is 5.56. The molecule has 0 aromatic heterocycles. The van der Waals surface area contributed by atoms with E-state index in [1.807, 2.05) is 27.7 Å². The summed E-state index contributed by atoms with van der Waals surface area (Å²) in [6, 6.07) is 2.12. The van der Waals surface area contributed by atoms with Gasteiger partial charge < -0.3 is 10.6 Å². The molecule has 0 aliphatic heterocycles. The first kappa shape index (κ1) is 14.9. The van der Waals surface area contributed by atoms with E-state index in [9.17, 15) is 4.79 Å². The van der Waals surface area contributed by atoms with Crippen molar-refractivity contribution in [1.82, 2.24) is 4.90 Å². The Bertz CT molecular complexity index is 296. The maximum absolute atomic E-state index is 12.2. The summed E-state index contributed by atoms with van der Waals surface area (Å²) in [5.41, 5.74) is 4.77. The van der Waals surface area contributed by atoms with E-state index in [1.165, 1.54) is 0 Å². The van der Waals surface area contributed by atoms with Crippen molar-refractivity contribution in [3.8, 4) is 6.07 Å². The van der Waals surface area contributed by atoms with Crippen molar-refractivity contribution >= 4 is 5.91 Å². The van der Waals surface area contributed by atoms with E-state index in [-0.39, 0.29) is 11.8 Å². The van der Waals surface area contributed by atoms with Crippen LogP contribution >= 0.6 is 0 Å². The highest BCUT2D eigenvalue weighted by Crippen LogP contribution is 2.30. The molecule has 0 fully saturated rings. The van der Waals surface area contributed by atoms with Crippen LogP contribution in [0, 0.1) is 22.7 Å². The van der Waals surface area contributed by atoms with Crippen molar-refractivity contribution in [1.29, 1.82) is 5.26 Å². The van der Waals surface area contributed by atoms with Gasteiger partial charge in [0.25, 0.3) is 0 Å². The standard InChI is InChI=1S/C12H23N3O/c1-9(7-13)8-15(6)10(16)11(2,3)12(4,5)14/h9H,8,14H2,1-6H3. The number of nitrogens with two attached hydrogens (primary N) is 1. The lowest BCUT2D eigenvalue weighted by atomic mass is 9.74. The first-order valence-electron chi connectivity index (χ1n) is 5.48. The van der Waals surface area contributed by atoms with Gasteiger partial charge in [0.2, 0.25) is 5.91 Å². The molecule has 4 nitrogen and oxygen atoms in total. The molecule has 0 aromatic rings. The van der Waals surface area contributed by atoms with Crippen LogP contribution in [0.2, 0.25) is 0 Å². The average molecular weight is 225 g/mol. The highest BCUT2D eigenvalue weighted by Gasteiger charge is 2.42. The fourth-order valence-corrected chi connectivity index (χ4v) is 1.29. The molecule has 0 bridgehead atoms. The third-order valence-corrected chi connectivity index (χ3v) is 3.26. The van der Waals surface area contributed by atoms with Crippen LogP contribution in [-0.2, 0) is 4.79 Å². The fraction of sp³-hybridized carbons (Fsp3) is 0.833. The molecule has 0 aliphatic rings. The van der Waals surface area contributed by atoms with E-state index in [0.717, 1.165) is 0 Å². The largest absolute Gasteiger partial charge is 0.344 e. The molecule has 4 heteroatoms. The van der Waals surface area contributed by atoms with Crippen molar-refractivity contribution in [2.45, 2.75) is 40.2 Å². The van der Waals surface area contributed by atoms with Gasteiger partial charge in [-0.1, -0.05) is 0 Å². The molecule has 92 valence electrons. The van der Waals surface area contributed by atoms with Crippen LogP contribution in [0.25, 0.3) is 0 Å². The monoisotopic (exact) mass is 225 g/mol. The highest BCUT2D eigenvalue weighted by molar-refractivity contribution is 5.83. The smallest absolute Gasteiger partial charge is 0.229 e. The van der Waals surface area contributed by atoms with E-state index in [1.54, 1.807) is 18.9 Å². The summed E-state index contributed by atoms with van der Waals surface area (Å²) >= 11 is 0. The van der Waals surface area contributed by atoms with Gasteiger partial charge in [-0.25, -0.2) is 0 Å². The van der Waals surface area contributed by atoms with E-state index in [0.29, 0.717) is 6.54 Å². The number of nitriles is 1. The molecule has 0 spiro atoms. The number of nitrogens with zero attached hydrogens (tertiary/aromatic N) is 2. The number of rotatable bonds is 4. The second-order valence-electron chi connectivity index (χ2n) is 5.56. The SMILES string of the molecule is CC(C#N)CN(C)C(=O)C(C)(C)C(C)(C)N. The lowest BCUT2D eigenvalue weighted by Gasteiger charge is -2.39. The maximum atomic E-state index is 12.2. The van der Waals surface area contributed by atoms with Crippen LogP contribution in [0.5, 0.6) is 0 Å². The van der Waals surface area contributed by atoms with Crippen LogP contribution in [0.1, 0.15) is 34.6 Å². The number of hydrogen-bond donors (Lipinski definition) is 1. The molecule has 16 heavy (non-hydrogen) atoms. The third kappa shape index (κ3) is 3.21. The average Bonchev–Trinajstić information content (AvgIpc) is 2.14. The van der Waals surface area contributed by atoms with Gasteiger partial charge in [-0.15, -0.1) is 0 Å². The minimum Gasteiger partial charge on any atom is -0.344 e. The van der Waals surface area contributed by atoms with Crippen molar-refractivity contribution in [3.63, 3.8) is 0 Å². The Hall–Kier alpha value is -1.08. The van der Waals surface area contributed by atoms with E-state index >= 15 is 0 Å². The molecule has 0 saturated carbocycles.